The molecule has 0 aromatic heterocycles. The van der Waals surface area contributed by atoms with Crippen molar-refractivity contribution in [3.8, 4) is 0 Å². The van der Waals surface area contributed by atoms with Crippen LogP contribution in [0.5, 0.6) is 0 Å². The third-order valence-corrected chi connectivity index (χ3v) is 2.26. The first-order valence-electron chi connectivity index (χ1n) is 5.00. The van der Waals surface area contributed by atoms with Gasteiger partial charge in [-0.25, -0.2) is 0 Å². The summed E-state index contributed by atoms with van der Waals surface area (Å²) in [6, 6.07) is 2.06. The first-order valence-corrected chi connectivity index (χ1v) is 5.00. The molecule has 7 heteroatoms. The molecule has 0 bridgehead atoms. The van der Waals surface area contributed by atoms with Crippen molar-refractivity contribution in [2.45, 2.75) is 19.1 Å². The van der Waals surface area contributed by atoms with Gasteiger partial charge in [0.25, 0.3) is 5.69 Å². The lowest BCUT2D eigenvalue weighted by molar-refractivity contribution is -0.384. The highest BCUT2D eigenvalue weighted by Crippen LogP contribution is 2.35. The standard InChI is InChI=1S/C11H11F3N2O2/c1-3-7(2)15-9-5-4-8(11(12,13)14)6-10(9)16(17)18/h3-7,15H,1H2,2H3. The van der Waals surface area contributed by atoms with E-state index in [-0.39, 0.29) is 11.7 Å². The van der Waals surface area contributed by atoms with Gasteiger partial charge in [-0.05, 0) is 19.1 Å². The Bertz CT molecular complexity index is 472. The monoisotopic (exact) mass is 260 g/mol. The largest absolute Gasteiger partial charge is 0.416 e. The van der Waals surface area contributed by atoms with Gasteiger partial charge in [-0.2, -0.15) is 13.2 Å². The molecule has 0 aliphatic rings. The maximum Gasteiger partial charge on any atom is 0.416 e. The molecule has 1 unspecified atom stereocenters. The van der Waals surface area contributed by atoms with Crippen LogP contribution in [0.3, 0.4) is 0 Å². The highest BCUT2D eigenvalue weighted by Gasteiger charge is 2.33. The zero-order valence-electron chi connectivity index (χ0n) is 9.49. The minimum atomic E-state index is -4.60. The molecule has 1 aromatic rings. The van der Waals surface area contributed by atoms with Crippen molar-refractivity contribution in [2.24, 2.45) is 0 Å². The Morgan fingerprint density at radius 3 is 2.56 bits per heavy atom. The number of halogens is 3. The fraction of sp³-hybridized carbons (Fsp3) is 0.273. The molecule has 0 amide bonds. The lowest BCUT2D eigenvalue weighted by Crippen LogP contribution is -2.13. The minimum absolute atomic E-state index is 0.0281. The summed E-state index contributed by atoms with van der Waals surface area (Å²) >= 11 is 0. The number of nitro benzene ring substituents is 1. The van der Waals surface area contributed by atoms with E-state index in [2.05, 4.69) is 11.9 Å². The molecule has 0 fully saturated rings. The summed E-state index contributed by atoms with van der Waals surface area (Å²) in [6.07, 6.45) is -3.12. The topological polar surface area (TPSA) is 55.2 Å². The van der Waals surface area contributed by atoms with E-state index in [9.17, 15) is 23.3 Å². The van der Waals surface area contributed by atoms with Crippen molar-refractivity contribution in [1.29, 1.82) is 0 Å². The fourth-order valence-electron chi connectivity index (χ4n) is 1.29. The van der Waals surface area contributed by atoms with E-state index in [4.69, 9.17) is 0 Å². The Balaban J connectivity index is 3.21. The normalized spacial score (nSPS) is 12.9. The van der Waals surface area contributed by atoms with E-state index in [1.54, 1.807) is 6.92 Å². The summed E-state index contributed by atoms with van der Waals surface area (Å²) in [4.78, 5) is 9.89. The molecule has 1 rings (SSSR count). The second-order valence-electron chi connectivity index (χ2n) is 3.66. The van der Waals surface area contributed by atoms with Crippen LogP contribution >= 0.6 is 0 Å². The number of nitrogens with one attached hydrogen (secondary N) is 1. The summed E-state index contributed by atoms with van der Waals surface area (Å²) in [7, 11) is 0. The summed E-state index contributed by atoms with van der Waals surface area (Å²) in [5, 5.41) is 13.4. The van der Waals surface area contributed by atoms with Gasteiger partial charge in [0.15, 0.2) is 0 Å². The molecule has 1 atom stereocenters. The van der Waals surface area contributed by atoms with Gasteiger partial charge in [0, 0.05) is 12.1 Å². The van der Waals surface area contributed by atoms with Crippen molar-refractivity contribution in [3.63, 3.8) is 0 Å². The highest BCUT2D eigenvalue weighted by atomic mass is 19.4. The quantitative estimate of drug-likeness (QED) is 0.511. The first kappa shape index (κ1) is 14.0. The number of nitro groups is 1. The molecule has 0 radical (unpaired) electrons. The molecular weight excluding hydrogens is 249 g/mol. The van der Waals surface area contributed by atoms with Crippen molar-refractivity contribution >= 4 is 11.4 Å². The number of rotatable bonds is 4. The van der Waals surface area contributed by atoms with Gasteiger partial charge in [-0.15, -0.1) is 6.58 Å². The van der Waals surface area contributed by atoms with Gasteiger partial charge < -0.3 is 5.32 Å². The van der Waals surface area contributed by atoms with E-state index in [1.807, 2.05) is 0 Å². The average molecular weight is 260 g/mol. The molecule has 0 saturated carbocycles. The average Bonchev–Trinajstić information content (AvgIpc) is 2.27. The summed E-state index contributed by atoms with van der Waals surface area (Å²) in [6.45, 7) is 5.15. The molecule has 0 spiro atoms. The van der Waals surface area contributed by atoms with Crippen LogP contribution in [0.4, 0.5) is 24.5 Å². The van der Waals surface area contributed by atoms with Crippen molar-refractivity contribution in [3.05, 3.63) is 46.5 Å². The van der Waals surface area contributed by atoms with Crippen LogP contribution < -0.4 is 5.32 Å². The molecule has 0 aliphatic heterocycles. The van der Waals surface area contributed by atoms with Gasteiger partial charge in [-0.1, -0.05) is 6.08 Å². The number of nitrogens with zero attached hydrogens (tertiary/aromatic N) is 1. The first-order chi connectivity index (χ1) is 8.25. The third-order valence-electron chi connectivity index (χ3n) is 2.26. The number of hydrogen-bond donors (Lipinski definition) is 1. The van der Waals surface area contributed by atoms with Crippen LogP contribution in [0.1, 0.15) is 12.5 Å². The van der Waals surface area contributed by atoms with Crippen LogP contribution in [0.25, 0.3) is 0 Å². The molecule has 18 heavy (non-hydrogen) atoms. The summed E-state index contributed by atoms with van der Waals surface area (Å²) < 4.78 is 37.3. The summed E-state index contributed by atoms with van der Waals surface area (Å²) in [5.74, 6) is 0. The van der Waals surface area contributed by atoms with E-state index < -0.39 is 22.4 Å². The van der Waals surface area contributed by atoms with E-state index in [0.29, 0.717) is 6.07 Å². The van der Waals surface area contributed by atoms with Gasteiger partial charge in [0.05, 0.1) is 10.5 Å². The lowest BCUT2D eigenvalue weighted by atomic mass is 10.1. The van der Waals surface area contributed by atoms with E-state index in [1.165, 1.54) is 6.08 Å². The molecule has 0 aliphatic carbocycles. The van der Waals surface area contributed by atoms with Crippen molar-refractivity contribution in [1.82, 2.24) is 0 Å². The molecule has 98 valence electrons. The minimum Gasteiger partial charge on any atom is -0.374 e. The molecule has 4 nitrogen and oxygen atoms in total. The number of anilines is 1. The highest BCUT2D eigenvalue weighted by molar-refractivity contribution is 5.63. The van der Waals surface area contributed by atoms with Crippen molar-refractivity contribution in [2.75, 3.05) is 5.32 Å². The Morgan fingerprint density at radius 1 is 1.50 bits per heavy atom. The zero-order valence-corrected chi connectivity index (χ0v) is 9.49. The van der Waals surface area contributed by atoms with E-state index >= 15 is 0 Å². The second kappa shape index (κ2) is 5.07. The van der Waals surface area contributed by atoms with E-state index in [0.717, 1.165) is 12.1 Å². The van der Waals surface area contributed by atoms with Gasteiger partial charge >= 0.3 is 6.18 Å². The fourth-order valence-corrected chi connectivity index (χ4v) is 1.29. The van der Waals surface area contributed by atoms with Gasteiger partial charge in [0.2, 0.25) is 0 Å². The second-order valence-corrected chi connectivity index (χ2v) is 3.66. The Hall–Kier alpha value is -2.05. The maximum atomic E-state index is 12.4. The molecular formula is C11H11F3N2O2. The Morgan fingerprint density at radius 2 is 2.11 bits per heavy atom. The maximum absolute atomic E-state index is 12.4. The van der Waals surface area contributed by atoms with Gasteiger partial charge in [-0.3, -0.25) is 10.1 Å². The third kappa shape index (κ3) is 3.22. The molecule has 1 N–H and O–H groups in total. The number of alkyl halides is 3. The number of hydrogen-bond acceptors (Lipinski definition) is 3. The smallest absolute Gasteiger partial charge is 0.374 e. The van der Waals surface area contributed by atoms with Gasteiger partial charge in [0.1, 0.15) is 5.69 Å². The molecule has 0 heterocycles. The molecule has 1 aromatic carbocycles. The van der Waals surface area contributed by atoms with Crippen LogP contribution in [0, 0.1) is 10.1 Å². The Kier molecular flexibility index (Phi) is 3.95. The predicted molar refractivity (Wildman–Crippen MR) is 61.4 cm³/mol. The van der Waals surface area contributed by atoms with Crippen LogP contribution in [-0.2, 0) is 6.18 Å². The Labute approximate surface area is 101 Å². The lowest BCUT2D eigenvalue weighted by Gasteiger charge is -2.13. The van der Waals surface area contributed by atoms with Crippen molar-refractivity contribution < 1.29 is 18.1 Å². The predicted octanol–water partition coefficient (Wildman–Crippen LogP) is 3.60. The number of benzene rings is 1. The van der Waals surface area contributed by atoms with Crippen LogP contribution in [0.15, 0.2) is 30.9 Å². The molecule has 0 saturated heterocycles. The zero-order chi connectivity index (χ0) is 13.9. The van der Waals surface area contributed by atoms with Crippen LogP contribution in [0.2, 0.25) is 0 Å². The SMILES string of the molecule is C=CC(C)Nc1ccc(C(F)(F)F)cc1[N+](=O)[O-]. The van der Waals surface area contributed by atoms with Crippen LogP contribution in [-0.4, -0.2) is 11.0 Å². The summed E-state index contributed by atoms with van der Waals surface area (Å²) in [5.41, 5.74) is -1.63.